The molecule has 2 aromatic carbocycles. The molecule has 0 aliphatic carbocycles. The largest absolute Gasteiger partial charge is 0.394 e. The maximum absolute atomic E-state index is 14.7. The first-order chi connectivity index (χ1) is 15.8. The Bertz CT molecular complexity index is 1310. The molecule has 0 aliphatic rings. The SMILES string of the molecule is C[C@@H](CO)Nc1ncc2c(F)cc(C(=O)NC(c3cccc(F)c3)c3cnn(C)c3)cc2n1. The highest BCUT2D eigenvalue weighted by Gasteiger charge is 2.21. The van der Waals surface area contributed by atoms with Crippen molar-refractivity contribution in [2.24, 2.45) is 7.05 Å². The summed E-state index contributed by atoms with van der Waals surface area (Å²) in [7, 11) is 1.73. The summed E-state index contributed by atoms with van der Waals surface area (Å²) in [5, 5.41) is 19.2. The number of benzene rings is 2. The first kappa shape index (κ1) is 22.3. The number of aryl methyl sites for hydroxylation is 1. The molecule has 170 valence electrons. The van der Waals surface area contributed by atoms with Crippen molar-refractivity contribution in [1.29, 1.82) is 0 Å². The highest BCUT2D eigenvalue weighted by atomic mass is 19.1. The molecule has 10 heteroatoms. The molecule has 1 amide bonds. The van der Waals surface area contributed by atoms with E-state index in [1.54, 1.807) is 43.2 Å². The minimum Gasteiger partial charge on any atom is -0.394 e. The van der Waals surface area contributed by atoms with Crippen LogP contribution in [0.2, 0.25) is 0 Å². The Morgan fingerprint density at radius 1 is 1.18 bits per heavy atom. The van der Waals surface area contributed by atoms with Crippen LogP contribution in [0.1, 0.15) is 34.5 Å². The number of aromatic nitrogens is 4. The first-order valence-corrected chi connectivity index (χ1v) is 10.2. The first-order valence-electron chi connectivity index (χ1n) is 10.2. The molecule has 0 saturated heterocycles. The molecule has 0 fully saturated rings. The van der Waals surface area contributed by atoms with Gasteiger partial charge in [0.1, 0.15) is 11.6 Å². The van der Waals surface area contributed by atoms with Crippen molar-refractivity contribution in [3.05, 3.63) is 83.3 Å². The average molecular weight is 452 g/mol. The van der Waals surface area contributed by atoms with Crippen molar-refractivity contribution < 1.29 is 18.7 Å². The molecule has 0 bridgehead atoms. The lowest BCUT2D eigenvalue weighted by molar-refractivity contribution is 0.0942. The van der Waals surface area contributed by atoms with Gasteiger partial charge in [-0.15, -0.1) is 0 Å². The number of rotatable bonds is 7. The third-order valence-corrected chi connectivity index (χ3v) is 5.08. The normalized spacial score (nSPS) is 13.0. The molecule has 0 saturated carbocycles. The van der Waals surface area contributed by atoms with Crippen molar-refractivity contribution >= 4 is 22.8 Å². The van der Waals surface area contributed by atoms with Gasteiger partial charge in [-0.1, -0.05) is 12.1 Å². The van der Waals surface area contributed by atoms with E-state index < -0.39 is 23.6 Å². The maximum Gasteiger partial charge on any atom is 0.252 e. The summed E-state index contributed by atoms with van der Waals surface area (Å²) in [4.78, 5) is 21.4. The Kier molecular flexibility index (Phi) is 6.27. The van der Waals surface area contributed by atoms with Crippen LogP contribution in [0, 0.1) is 11.6 Å². The summed E-state index contributed by atoms with van der Waals surface area (Å²) in [5.41, 5.74) is 1.44. The van der Waals surface area contributed by atoms with Gasteiger partial charge in [0.25, 0.3) is 5.91 Å². The fourth-order valence-corrected chi connectivity index (χ4v) is 3.41. The van der Waals surface area contributed by atoms with E-state index >= 15 is 0 Å². The number of carbonyl (C=O) groups excluding carboxylic acids is 1. The van der Waals surface area contributed by atoms with E-state index in [9.17, 15) is 18.7 Å². The van der Waals surface area contributed by atoms with E-state index in [2.05, 4.69) is 25.7 Å². The van der Waals surface area contributed by atoms with Crippen LogP contribution in [0.3, 0.4) is 0 Å². The Labute approximate surface area is 188 Å². The molecule has 4 aromatic rings. The van der Waals surface area contributed by atoms with E-state index in [0.29, 0.717) is 11.1 Å². The van der Waals surface area contributed by atoms with Gasteiger partial charge >= 0.3 is 0 Å². The minimum atomic E-state index is -0.700. The van der Waals surface area contributed by atoms with Crippen LogP contribution in [0.5, 0.6) is 0 Å². The molecule has 2 atom stereocenters. The van der Waals surface area contributed by atoms with E-state index in [-0.39, 0.29) is 35.1 Å². The molecule has 8 nitrogen and oxygen atoms in total. The number of carbonyl (C=O) groups is 1. The number of nitrogens with one attached hydrogen (secondary N) is 2. The third-order valence-electron chi connectivity index (χ3n) is 5.08. The lowest BCUT2D eigenvalue weighted by Gasteiger charge is -2.18. The number of halogens is 2. The zero-order valence-electron chi connectivity index (χ0n) is 18.0. The predicted octanol–water partition coefficient (Wildman–Crippen LogP) is 2.95. The average Bonchev–Trinajstić information content (AvgIpc) is 3.22. The van der Waals surface area contributed by atoms with Gasteiger partial charge in [-0.2, -0.15) is 5.10 Å². The van der Waals surface area contributed by atoms with Gasteiger partial charge in [-0.05, 0) is 36.8 Å². The number of anilines is 1. The van der Waals surface area contributed by atoms with Gasteiger partial charge in [-0.25, -0.2) is 18.7 Å². The second kappa shape index (κ2) is 9.29. The van der Waals surface area contributed by atoms with Crippen LogP contribution in [-0.4, -0.2) is 43.4 Å². The summed E-state index contributed by atoms with van der Waals surface area (Å²) in [6, 6.07) is 7.44. The topological polar surface area (TPSA) is 105 Å². The monoisotopic (exact) mass is 452 g/mol. The van der Waals surface area contributed by atoms with Gasteiger partial charge in [0.05, 0.1) is 29.7 Å². The molecule has 0 spiro atoms. The molecule has 4 rings (SSSR count). The lowest BCUT2D eigenvalue weighted by Crippen LogP contribution is -2.29. The Morgan fingerprint density at radius 2 is 2.00 bits per heavy atom. The number of amides is 1. The number of hydrogen-bond donors (Lipinski definition) is 3. The number of fused-ring (bicyclic) bond motifs is 1. The predicted molar refractivity (Wildman–Crippen MR) is 119 cm³/mol. The molecule has 2 aromatic heterocycles. The highest BCUT2D eigenvalue weighted by Crippen LogP contribution is 2.24. The van der Waals surface area contributed by atoms with Crippen LogP contribution >= 0.6 is 0 Å². The van der Waals surface area contributed by atoms with Gasteiger partial charge in [0.15, 0.2) is 0 Å². The highest BCUT2D eigenvalue weighted by molar-refractivity contribution is 5.98. The summed E-state index contributed by atoms with van der Waals surface area (Å²) in [6.07, 6.45) is 4.60. The van der Waals surface area contributed by atoms with E-state index in [1.165, 1.54) is 24.4 Å². The van der Waals surface area contributed by atoms with Crippen molar-refractivity contribution in [2.75, 3.05) is 11.9 Å². The van der Waals surface area contributed by atoms with Crippen molar-refractivity contribution in [3.63, 3.8) is 0 Å². The smallest absolute Gasteiger partial charge is 0.252 e. The van der Waals surface area contributed by atoms with Crippen LogP contribution in [0.15, 0.2) is 55.0 Å². The van der Waals surface area contributed by atoms with E-state index in [1.807, 2.05) is 0 Å². The van der Waals surface area contributed by atoms with Gasteiger partial charge in [-0.3, -0.25) is 9.48 Å². The molecule has 0 aliphatic heterocycles. The molecular weight excluding hydrogens is 430 g/mol. The van der Waals surface area contributed by atoms with Gasteiger partial charge < -0.3 is 15.7 Å². The molecule has 0 radical (unpaired) electrons. The van der Waals surface area contributed by atoms with Crippen LogP contribution in [-0.2, 0) is 7.05 Å². The molecular formula is C23H22F2N6O2. The standard InChI is InChI=1S/C23H22F2N6O2/c1-13(12-32)28-23-26-10-18-19(25)7-15(8-20(18)29-23)22(33)30-21(16-9-27-31(2)11-16)14-4-3-5-17(24)6-14/h3-11,13,21,32H,12H2,1-2H3,(H,30,33)(H,26,28,29)/t13-,21?/m0/s1. The van der Waals surface area contributed by atoms with Gasteiger partial charge in [0.2, 0.25) is 5.95 Å². The fourth-order valence-electron chi connectivity index (χ4n) is 3.41. The summed E-state index contributed by atoms with van der Waals surface area (Å²) >= 11 is 0. The third kappa shape index (κ3) is 4.96. The maximum atomic E-state index is 14.7. The second-order valence-corrected chi connectivity index (χ2v) is 7.72. The lowest BCUT2D eigenvalue weighted by atomic mass is 10.0. The van der Waals surface area contributed by atoms with Crippen LogP contribution in [0.25, 0.3) is 10.9 Å². The number of aliphatic hydroxyl groups is 1. The number of aliphatic hydroxyl groups excluding tert-OH is 1. The Hall–Kier alpha value is -3.92. The summed E-state index contributed by atoms with van der Waals surface area (Å²) in [5.74, 6) is -1.45. The summed E-state index contributed by atoms with van der Waals surface area (Å²) in [6.45, 7) is 1.61. The number of hydrogen-bond acceptors (Lipinski definition) is 6. The van der Waals surface area contributed by atoms with Crippen molar-refractivity contribution in [3.8, 4) is 0 Å². The van der Waals surface area contributed by atoms with E-state index in [0.717, 1.165) is 6.07 Å². The minimum absolute atomic E-state index is 0.0464. The molecule has 2 heterocycles. The van der Waals surface area contributed by atoms with E-state index in [4.69, 9.17) is 0 Å². The Morgan fingerprint density at radius 3 is 2.70 bits per heavy atom. The molecule has 3 N–H and O–H groups in total. The molecule has 1 unspecified atom stereocenters. The zero-order chi connectivity index (χ0) is 23.5. The van der Waals surface area contributed by atoms with Crippen LogP contribution in [0.4, 0.5) is 14.7 Å². The van der Waals surface area contributed by atoms with Crippen molar-refractivity contribution in [2.45, 2.75) is 19.0 Å². The fraction of sp³-hybridized carbons (Fsp3) is 0.217. The summed E-state index contributed by atoms with van der Waals surface area (Å²) < 4.78 is 30.2. The van der Waals surface area contributed by atoms with Crippen molar-refractivity contribution in [1.82, 2.24) is 25.1 Å². The number of nitrogens with zero attached hydrogens (tertiary/aromatic N) is 4. The zero-order valence-corrected chi connectivity index (χ0v) is 18.0. The van der Waals surface area contributed by atoms with Gasteiger partial charge in [0, 0.05) is 36.6 Å². The van der Waals surface area contributed by atoms with Crippen LogP contribution < -0.4 is 10.6 Å². The molecule has 33 heavy (non-hydrogen) atoms. The second-order valence-electron chi connectivity index (χ2n) is 7.72. The Balaban J connectivity index is 1.68. The quantitative estimate of drug-likeness (QED) is 0.398.